The largest absolute Gasteiger partial charge is 0.480 e. The molecular weight excluding hydrogens is 345 g/mol. The number of hydrogen-bond acceptors (Lipinski definition) is 3. The number of nitrogens with zero attached hydrogens (tertiary/aromatic N) is 2. The smallest absolute Gasteiger partial charge is 0.264 e. The van der Waals surface area contributed by atoms with Crippen molar-refractivity contribution >= 4 is 5.91 Å². The molecule has 0 aliphatic carbocycles. The second kappa shape index (κ2) is 6.23. The van der Waals surface area contributed by atoms with E-state index in [9.17, 15) is 9.18 Å². The van der Waals surface area contributed by atoms with Crippen LogP contribution in [0.5, 0.6) is 5.75 Å². The molecule has 3 heterocycles. The van der Waals surface area contributed by atoms with Gasteiger partial charge in [-0.1, -0.05) is 30.3 Å². The molecule has 2 aliphatic heterocycles. The summed E-state index contributed by atoms with van der Waals surface area (Å²) in [6.45, 7) is 1.07. The molecule has 0 saturated carbocycles. The Morgan fingerprint density at radius 3 is 2.96 bits per heavy atom. The van der Waals surface area contributed by atoms with Crippen LogP contribution >= 0.6 is 0 Å². The van der Waals surface area contributed by atoms with E-state index in [1.807, 2.05) is 35.2 Å². The van der Waals surface area contributed by atoms with E-state index in [-0.39, 0.29) is 11.7 Å². The van der Waals surface area contributed by atoms with Crippen LogP contribution in [0.2, 0.25) is 0 Å². The summed E-state index contributed by atoms with van der Waals surface area (Å²) >= 11 is 0. The Hall–Kier alpha value is -3.15. The molecule has 0 radical (unpaired) electrons. The molecule has 1 N–H and O–H groups in total. The van der Waals surface area contributed by atoms with Gasteiger partial charge in [0.15, 0.2) is 6.10 Å². The molecule has 0 unspecified atom stereocenters. The van der Waals surface area contributed by atoms with Crippen molar-refractivity contribution in [2.45, 2.75) is 25.5 Å². The molecule has 1 amide bonds. The average Bonchev–Trinajstić information content (AvgIpc) is 3.31. The third-order valence-electron chi connectivity index (χ3n) is 5.27. The summed E-state index contributed by atoms with van der Waals surface area (Å²) in [5.41, 5.74) is 4.45. The minimum Gasteiger partial charge on any atom is -0.480 e. The van der Waals surface area contributed by atoms with E-state index in [1.54, 1.807) is 6.07 Å². The highest BCUT2D eigenvalue weighted by Gasteiger charge is 2.34. The number of amides is 1. The van der Waals surface area contributed by atoms with Gasteiger partial charge in [0.2, 0.25) is 0 Å². The number of nitrogens with one attached hydrogen (secondary N) is 1. The van der Waals surface area contributed by atoms with Gasteiger partial charge in [0.1, 0.15) is 11.6 Å². The summed E-state index contributed by atoms with van der Waals surface area (Å²) in [5.74, 6) is 0.477. The Balaban J connectivity index is 1.38. The first-order valence-electron chi connectivity index (χ1n) is 9.04. The van der Waals surface area contributed by atoms with Crippen molar-refractivity contribution in [1.82, 2.24) is 15.1 Å². The third-order valence-corrected chi connectivity index (χ3v) is 5.27. The Kier molecular flexibility index (Phi) is 3.70. The molecule has 1 aromatic heterocycles. The Morgan fingerprint density at radius 1 is 1.22 bits per heavy atom. The van der Waals surface area contributed by atoms with E-state index in [1.165, 1.54) is 12.1 Å². The number of rotatable bonds is 2. The highest BCUT2D eigenvalue weighted by Crippen LogP contribution is 2.32. The number of carbonyl (C=O) groups is 1. The van der Waals surface area contributed by atoms with Gasteiger partial charge in [-0.15, -0.1) is 0 Å². The number of benzene rings is 2. The lowest BCUT2D eigenvalue weighted by Crippen LogP contribution is -2.43. The molecule has 0 saturated heterocycles. The summed E-state index contributed by atoms with van der Waals surface area (Å²) in [6, 6.07) is 14.1. The van der Waals surface area contributed by atoms with Crippen molar-refractivity contribution in [3.63, 3.8) is 0 Å². The summed E-state index contributed by atoms with van der Waals surface area (Å²) in [5, 5.41) is 7.42. The first kappa shape index (κ1) is 16.1. The van der Waals surface area contributed by atoms with Crippen molar-refractivity contribution in [1.29, 1.82) is 0 Å². The van der Waals surface area contributed by atoms with Gasteiger partial charge < -0.3 is 9.64 Å². The molecule has 5 nitrogen and oxygen atoms in total. The predicted octanol–water partition coefficient (Wildman–Crippen LogP) is 3.10. The average molecular weight is 363 g/mol. The molecule has 0 fully saturated rings. The standard InChI is InChI=1S/C21H18FN3O2/c22-15-6-3-5-14(10-15)20-16-12-25(9-8-17(16)23-24-20)21(26)19-11-13-4-1-2-7-18(13)27-19/h1-7,10,19H,8-9,11-12H2,(H,23,24)/t19-/m0/s1. The van der Waals surface area contributed by atoms with Crippen LogP contribution < -0.4 is 4.74 Å². The van der Waals surface area contributed by atoms with Crippen LogP contribution in [0.25, 0.3) is 11.3 Å². The molecule has 3 aromatic rings. The number of hydrogen-bond donors (Lipinski definition) is 1. The second-order valence-electron chi connectivity index (χ2n) is 6.97. The van der Waals surface area contributed by atoms with Gasteiger partial charge in [-0.3, -0.25) is 9.89 Å². The van der Waals surface area contributed by atoms with Crippen LogP contribution in [0.1, 0.15) is 16.8 Å². The number of fused-ring (bicyclic) bond motifs is 2. The predicted molar refractivity (Wildman–Crippen MR) is 97.7 cm³/mol. The lowest BCUT2D eigenvalue weighted by atomic mass is 10.00. The van der Waals surface area contributed by atoms with E-state index in [0.29, 0.717) is 37.2 Å². The van der Waals surface area contributed by atoms with E-state index < -0.39 is 6.10 Å². The fourth-order valence-electron chi connectivity index (χ4n) is 3.88. The van der Waals surface area contributed by atoms with Crippen molar-refractivity contribution in [3.05, 3.63) is 71.2 Å². The Morgan fingerprint density at radius 2 is 2.11 bits per heavy atom. The quantitative estimate of drug-likeness (QED) is 0.761. The van der Waals surface area contributed by atoms with Gasteiger partial charge in [-0.2, -0.15) is 5.10 Å². The molecule has 6 heteroatoms. The van der Waals surface area contributed by atoms with Gasteiger partial charge in [0, 0.05) is 42.8 Å². The van der Waals surface area contributed by atoms with E-state index in [4.69, 9.17) is 4.74 Å². The summed E-state index contributed by atoms with van der Waals surface area (Å²) in [7, 11) is 0. The van der Waals surface area contributed by atoms with E-state index >= 15 is 0 Å². The summed E-state index contributed by atoms with van der Waals surface area (Å²) in [4.78, 5) is 14.8. The Bertz CT molecular complexity index is 1000. The maximum absolute atomic E-state index is 13.6. The molecule has 27 heavy (non-hydrogen) atoms. The molecule has 1 atom stereocenters. The fraction of sp³-hybridized carbons (Fsp3) is 0.238. The van der Waals surface area contributed by atoms with Crippen LogP contribution in [0.3, 0.4) is 0 Å². The number of ether oxygens (including phenoxy) is 1. The highest BCUT2D eigenvalue weighted by molar-refractivity contribution is 5.83. The topological polar surface area (TPSA) is 58.2 Å². The molecule has 0 bridgehead atoms. The molecule has 2 aromatic carbocycles. The zero-order valence-electron chi connectivity index (χ0n) is 14.6. The van der Waals surface area contributed by atoms with Crippen molar-refractivity contribution < 1.29 is 13.9 Å². The van der Waals surface area contributed by atoms with Crippen LogP contribution in [-0.2, 0) is 24.2 Å². The number of carbonyl (C=O) groups excluding carboxylic acids is 1. The summed E-state index contributed by atoms with van der Waals surface area (Å²) < 4.78 is 19.5. The van der Waals surface area contributed by atoms with Gasteiger partial charge in [0.05, 0.1) is 5.69 Å². The molecule has 136 valence electrons. The van der Waals surface area contributed by atoms with Gasteiger partial charge >= 0.3 is 0 Å². The number of H-pyrrole nitrogens is 1. The lowest BCUT2D eigenvalue weighted by Gasteiger charge is -2.29. The number of halogens is 1. The minimum atomic E-state index is -0.478. The summed E-state index contributed by atoms with van der Waals surface area (Å²) in [6.07, 6.45) is 0.817. The molecule has 0 spiro atoms. The SMILES string of the molecule is O=C([C@@H]1Cc2ccccc2O1)N1CCc2[nH]nc(-c3cccc(F)c3)c2C1. The Labute approximate surface area is 155 Å². The molecular formula is C21H18FN3O2. The van der Waals surface area contributed by atoms with Crippen LogP contribution in [0, 0.1) is 5.82 Å². The first-order valence-corrected chi connectivity index (χ1v) is 9.04. The van der Waals surface area contributed by atoms with Gasteiger partial charge in [-0.05, 0) is 23.8 Å². The van der Waals surface area contributed by atoms with E-state index in [2.05, 4.69) is 10.2 Å². The maximum atomic E-state index is 13.6. The fourth-order valence-corrected chi connectivity index (χ4v) is 3.88. The van der Waals surface area contributed by atoms with Crippen LogP contribution in [0.4, 0.5) is 4.39 Å². The van der Waals surface area contributed by atoms with Crippen LogP contribution in [-0.4, -0.2) is 33.7 Å². The van der Waals surface area contributed by atoms with E-state index in [0.717, 1.165) is 22.6 Å². The van der Waals surface area contributed by atoms with Crippen molar-refractivity contribution in [2.24, 2.45) is 0 Å². The minimum absolute atomic E-state index is 0.0109. The second-order valence-corrected chi connectivity index (χ2v) is 6.97. The number of aromatic nitrogens is 2. The molecule has 5 rings (SSSR count). The molecule has 2 aliphatic rings. The highest BCUT2D eigenvalue weighted by atomic mass is 19.1. The normalized spacial score (nSPS) is 18.0. The monoisotopic (exact) mass is 363 g/mol. The number of para-hydroxylation sites is 1. The zero-order chi connectivity index (χ0) is 18.4. The lowest BCUT2D eigenvalue weighted by molar-refractivity contribution is -0.138. The van der Waals surface area contributed by atoms with Crippen molar-refractivity contribution in [3.8, 4) is 17.0 Å². The van der Waals surface area contributed by atoms with Crippen LogP contribution in [0.15, 0.2) is 48.5 Å². The third kappa shape index (κ3) is 2.77. The van der Waals surface area contributed by atoms with Gasteiger partial charge in [-0.25, -0.2) is 4.39 Å². The number of aromatic amines is 1. The maximum Gasteiger partial charge on any atom is 0.264 e. The zero-order valence-corrected chi connectivity index (χ0v) is 14.6. The van der Waals surface area contributed by atoms with Crippen molar-refractivity contribution in [2.75, 3.05) is 6.54 Å². The van der Waals surface area contributed by atoms with Gasteiger partial charge in [0.25, 0.3) is 5.91 Å². The first-order chi connectivity index (χ1) is 13.2.